The first-order chi connectivity index (χ1) is 15.3. The highest BCUT2D eigenvalue weighted by Gasteiger charge is 2.25. The van der Waals surface area contributed by atoms with E-state index in [1.54, 1.807) is 23.4 Å². The van der Waals surface area contributed by atoms with Crippen molar-refractivity contribution in [2.24, 2.45) is 0 Å². The van der Waals surface area contributed by atoms with Crippen LogP contribution >= 0.6 is 0 Å². The lowest BCUT2D eigenvalue weighted by molar-refractivity contribution is -0.384. The lowest BCUT2D eigenvalue weighted by Crippen LogP contribution is -2.50. The summed E-state index contributed by atoms with van der Waals surface area (Å²) >= 11 is 0. The summed E-state index contributed by atoms with van der Waals surface area (Å²) < 4.78 is 5.04. The number of piperazine rings is 1. The van der Waals surface area contributed by atoms with Gasteiger partial charge in [0, 0.05) is 56.3 Å². The second-order valence-electron chi connectivity index (χ2n) is 7.03. The highest BCUT2D eigenvalue weighted by molar-refractivity contribution is 5.97. The Hall–Kier alpha value is -4.09. The van der Waals surface area contributed by atoms with Crippen LogP contribution in [0.15, 0.2) is 42.7 Å². The number of ether oxygens (including phenoxy) is 1. The van der Waals surface area contributed by atoms with Crippen molar-refractivity contribution in [3.8, 4) is 0 Å². The predicted molar refractivity (Wildman–Crippen MR) is 112 cm³/mol. The summed E-state index contributed by atoms with van der Waals surface area (Å²) in [5, 5.41) is 13.2. The lowest BCUT2D eigenvalue weighted by Gasteiger charge is -2.34. The molecule has 3 rings (SSSR count). The van der Waals surface area contributed by atoms with Gasteiger partial charge in [0.05, 0.1) is 4.92 Å². The van der Waals surface area contributed by atoms with E-state index in [0.29, 0.717) is 32.1 Å². The zero-order chi connectivity index (χ0) is 23.1. The van der Waals surface area contributed by atoms with Gasteiger partial charge in [0.2, 0.25) is 5.95 Å². The van der Waals surface area contributed by atoms with Crippen molar-refractivity contribution >= 4 is 29.4 Å². The predicted octanol–water partition coefficient (Wildman–Crippen LogP) is 0.395. The van der Waals surface area contributed by atoms with E-state index in [-0.39, 0.29) is 17.2 Å². The standard InChI is InChI=1S/C20H22N6O6/c1-14(23-18(28)15-4-2-5-16(12-15)26(30)31)19(29)32-13-17(27)24-8-10-25(11-9-24)20-21-6-3-7-22-20/h2-7,12,14H,8-11,13H2,1H3,(H,23,28)/t14-/m0/s1. The number of esters is 1. The minimum atomic E-state index is -1.04. The van der Waals surface area contributed by atoms with E-state index in [1.165, 1.54) is 25.1 Å². The maximum Gasteiger partial charge on any atom is 0.328 e. The molecule has 2 heterocycles. The molecule has 0 spiro atoms. The van der Waals surface area contributed by atoms with Crippen LogP contribution in [-0.4, -0.2) is 76.4 Å². The minimum absolute atomic E-state index is 0.0372. The van der Waals surface area contributed by atoms with Crippen LogP contribution in [0.4, 0.5) is 11.6 Å². The van der Waals surface area contributed by atoms with Crippen molar-refractivity contribution in [3.63, 3.8) is 0 Å². The summed E-state index contributed by atoms with van der Waals surface area (Å²) in [5.41, 5.74) is -0.201. The van der Waals surface area contributed by atoms with Gasteiger partial charge in [-0.1, -0.05) is 6.07 Å². The van der Waals surface area contributed by atoms with E-state index in [4.69, 9.17) is 4.74 Å². The Kier molecular flexibility index (Phi) is 7.26. The molecule has 2 aromatic rings. The molecule has 0 saturated carbocycles. The first-order valence-corrected chi connectivity index (χ1v) is 9.87. The number of hydrogen-bond acceptors (Lipinski definition) is 9. The highest BCUT2D eigenvalue weighted by Crippen LogP contribution is 2.13. The molecule has 168 valence electrons. The number of rotatable bonds is 7. The molecule has 0 radical (unpaired) electrons. The molecule has 0 aliphatic carbocycles. The van der Waals surface area contributed by atoms with Gasteiger partial charge in [0.25, 0.3) is 17.5 Å². The summed E-state index contributed by atoms with van der Waals surface area (Å²) in [7, 11) is 0. The Morgan fingerprint density at radius 2 is 1.84 bits per heavy atom. The van der Waals surface area contributed by atoms with Crippen molar-refractivity contribution < 1.29 is 24.0 Å². The summed E-state index contributed by atoms with van der Waals surface area (Å²) in [4.78, 5) is 58.9. The quantitative estimate of drug-likeness (QED) is 0.365. The molecule has 1 aromatic heterocycles. The number of nitro benzene ring substituents is 1. The lowest BCUT2D eigenvalue weighted by atomic mass is 10.2. The molecule has 12 heteroatoms. The van der Waals surface area contributed by atoms with Gasteiger partial charge in [-0.3, -0.25) is 19.7 Å². The first-order valence-electron chi connectivity index (χ1n) is 9.87. The third-order valence-corrected chi connectivity index (χ3v) is 4.83. The Morgan fingerprint density at radius 3 is 2.50 bits per heavy atom. The number of benzene rings is 1. The van der Waals surface area contributed by atoms with Crippen LogP contribution in [0.5, 0.6) is 0 Å². The minimum Gasteiger partial charge on any atom is -0.454 e. The van der Waals surface area contributed by atoms with Crippen molar-refractivity contribution in [1.82, 2.24) is 20.2 Å². The number of anilines is 1. The monoisotopic (exact) mass is 442 g/mol. The van der Waals surface area contributed by atoms with Gasteiger partial charge in [-0.15, -0.1) is 0 Å². The van der Waals surface area contributed by atoms with Crippen molar-refractivity contribution in [1.29, 1.82) is 0 Å². The zero-order valence-electron chi connectivity index (χ0n) is 17.3. The van der Waals surface area contributed by atoms with Gasteiger partial charge < -0.3 is 19.9 Å². The molecular formula is C20H22N6O6. The third-order valence-electron chi connectivity index (χ3n) is 4.83. The van der Waals surface area contributed by atoms with Crippen molar-refractivity contribution in [3.05, 3.63) is 58.4 Å². The smallest absolute Gasteiger partial charge is 0.328 e. The number of carbonyl (C=O) groups excluding carboxylic acids is 3. The van der Waals surface area contributed by atoms with Crippen LogP contribution in [0.1, 0.15) is 17.3 Å². The molecule has 32 heavy (non-hydrogen) atoms. The number of aromatic nitrogens is 2. The number of nitro groups is 1. The van der Waals surface area contributed by atoms with Gasteiger partial charge in [0.1, 0.15) is 6.04 Å². The topological polar surface area (TPSA) is 148 Å². The van der Waals surface area contributed by atoms with Crippen LogP contribution in [0.3, 0.4) is 0 Å². The zero-order valence-corrected chi connectivity index (χ0v) is 17.3. The summed E-state index contributed by atoms with van der Waals surface area (Å²) in [5.74, 6) is -1.19. The molecule has 1 fully saturated rings. The first kappa shape index (κ1) is 22.6. The molecule has 1 atom stereocenters. The van der Waals surface area contributed by atoms with Crippen LogP contribution in [0, 0.1) is 10.1 Å². The number of amides is 2. The van der Waals surface area contributed by atoms with Crippen molar-refractivity contribution in [2.45, 2.75) is 13.0 Å². The molecule has 12 nitrogen and oxygen atoms in total. The van der Waals surface area contributed by atoms with Crippen LogP contribution in [0.25, 0.3) is 0 Å². The van der Waals surface area contributed by atoms with Crippen LogP contribution in [0.2, 0.25) is 0 Å². The van der Waals surface area contributed by atoms with E-state index in [1.807, 2.05) is 4.90 Å². The van der Waals surface area contributed by atoms with Crippen molar-refractivity contribution in [2.75, 3.05) is 37.7 Å². The Balaban J connectivity index is 1.44. The van der Waals surface area contributed by atoms with Gasteiger partial charge >= 0.3 is 5.97 Å². The number of non-ortho nitro benzene ring substituents is 1. The van der Waals surface area contributed by atoms with E-state index in [9.17, 15) is 24.5 Å². The average Bonchev–Trinajstić information content (AvgIpc) is 2.82. The van der Waals surface area contributed by atoms with Gasteiger partial charge in [-0.2, -0.15) is 0 Å². The van der Waals surface area contributed by atoms with Gasteiger partial charge in [0.15, 0.2) is 6.61 Å². The van der Waals surface area contributed by atoms with E-state index < -0.39 is 29.4 Å². The Labute approximate surface area is 183 Å². The molecular weight excluding hydrogens is 420 g/mol. The summed E-state index contributed by atoms with van der Waals surface area (Å²) in [6.07, 6.45) is 3.30. The van der Waals surface area contributed by atoms with E-state index >= 15 is 0 Å². The second kappa shape index (κ2) is 10.3. The molecule has 1 aliphatic heterocycles. The highest BCUT2D eigenvalue weighted by atomic mass is 16.6. The maximum atomic E-state index is 12.4. The SMILES string of the molecule is C[C@H](NC(=O)c1cccc([N+](=O)[O-])c1)C(=O)OCC(=O)N1CCN(c2ncccn2)CC1. The molecule has 1 N–H and O–H groups in total. The fourth-order valence-corrected chi connectivity index (χ4v) is 3.06. The molecule has 1 aromatic carbocycles. The average molecular weight is 442 g/mol. The Bertz CT molecular complexity index is 993. The molecule has 1 saturated heterocycles. The number of carbonyl (C=O) groups is 3. The Morgan fingerprint density at radius 1 is 1.16 bits per heavy atom. The normalized spacial score (nSPS) is 14.4. The molecule has 2 amide bonds. The van der Waals surface area contributed by atoms with E-state index in [0.717, 1.165) is 6.07 Å². The molecule has 0 unspecified atom stereocenters. The molecule has 0 bridgehead atoms. The number of nitrogens with zero attached hydrogens (tertiary/aromatic N) is 5. The fraction of sp³-hybridized carbons (Fsp3) is 0.350. The summed E-state index contributed by atoms with van der Waals surface area (Å²) in [6.45, 7) is 2.94. The van der Waals surface area contributed by atoms with Crippen LogP contribution < -0.4 is 10.2 Å². The summed E-state index contributed by atoms with van der Waals surface area (Å²) in [6, 6.07) is 5.82. The number of hydrogen-bond donors (Lipinski definition) is 1. The second-order valence-corrected chi connectivity index (χ2v) is 7.03. The maximum absolute atomic E-state index is 12.4. The van der Waals surface area contributed by atoms with Gasteiger partial charge in [-0.25, -0.2) is 14.8 Å². The van der Waals surface area contributed by atoms with Gasteiger partial charge in [-0.05, 0) is 19.1 Å². The van der Waals surface area contributed by atoms with E-state index in [2.05, 4.69) is 15.3 Å². The number of nitrogens with one attached hydrogen (secondary N) is 1. The fourth-order valence-electron chi connectivity index (χ4n) is 3.06. The van der Waals surface area contributed by atoms with Crippen LogP contribution in [-0.2, 0) is 14.3 Å². The largest absolute Gasteiger partial charge is 0.454 e. The third kappa shape index (κ3) is 5.74. The molecule has 1 aliphatic rings.